The van der Waals surface area contributed by atoms with Gasteiger partial charge < -0.3 is 14.4 Å². The van der Waals surface area contributed by atoms with Gasteiger partial charge in [-0.1, -0.05) is 6.07 Å². The quantitative estimate of drug-likeness (QED) is 0.337. The van der Waals surface area contributed by atoms with E-state index in [2.05, 4.69) is 4.74 Å². The summed E-state index contributed by atoms with van der Waals surface area (Å²) in [6.07, 6.45) is 0. The van der Waals surface area contributed by atoms with E-state index in [0.717, 1.165) is 4.90 Å². The molecule has 1 atom stereocenters. The first-order chi connectivity index (χ1) is 13.7. The first kappa shape index (κ1) is 22.4. The van der Waals surface area contributed by atoms with Gasteiger partial charge in [-0.15, -0.1) is 11.8 Å². The monoisotopic (exact) mass is 426 g/mol. The Morgan fingerprint density at radius 1 is 1.21 bits per heavy atom. The van der Waals surface area contributed by atoms with Crippen molar-refractivity contribution in [2.45, 2.75) is 30.2 Å². The normalized spacial score (nSPS) is 11.8. The molecule has 1 amide bonds. The SMILES string of the molecule is COc1cc(CN(C)C(=O)C(C)Sc2ccc([N+](=O)[O-])cc2)ccc1OC(F)F. The number of alkyl halides is 2. The molecule has 2 aromatic rings. The van der Waals surface area contributed by atoms with Crippen LogP contribution in [0.5, 0.6) is 11.5 Å². The van der Waals surface area contributed by atoms with E-state index >= 15 is 0 Å². The van der Waals surface area contributed by atoms with Crippen molar-refractivity contribution >= 4 is 23.4 Å². The zero-order chi connectivity index (χ0) is 21.6. The average Bonchev–Trinajstić information content (AvgIpc) is 2.68. The Labute approximate surface area is 170 Å². The summed E-state index contributed by atoms with van der Waals surface area (Å²) in [4.78, 5) is 25.1. The number of nitrogens with zero attached hydrogens (tertiary/aromatic N) is 2. The highest BCUT2D eigenvalue weighted by Crippen LogP contribution is 2.30. The van der Waals surface area contributed by atoms with E-state index in [9.17, 15) is 23.7 Å². The van der Waals surface area contributed by atoms with Crippen molar-refractivity contribution in [3.8, 4) is 11.5 Å². The molecule has 10 heteroatoms. The number of hydrogen-bond donors (Lipinski definition) is 0. The molecule has 0 aliphatic heterocycles. The maximum atomic E-state index is 12.6. The molecule has 0 aliphatic rings. The van der Waals surface area contributed by atoms with Gasteiger partial charge in [-0.25, -0.2) is 0 Å². The van der Waals surface area contributed by atoms with Crippen LogP contribution in [0.15, 0.2) is 47.4 Å². The van der Waals surface area contributed by atoms with Crippen LogP contribution in [0, 0.1) is 10.1 Å². The zero-order valence-corrected chi connectivity index (χ0v) is 16.8. The number of nitro benzene ring substituents is 1. The fourth-order valence-corrected chi connectivity index (χ4v) is 3.55. The fourth-order valence-electron chi connectivity index (χ4n) is 2.57. The Hall–Kier alpha value is -2.88. The van der Waals surface area contributed by atoms with Crippen molar-refractivity contribution in [3.05, 3.63) is 58.1 Å². The van der Waals surface area contributed by atoms with Gasteiger partial charge in [0, 0.05) is 30.6 Å². The van der Waals surface area contributed by atoms with Crippen molar-refractivity contribution in [1.29, 1.82) is 0 Å². The number of ether oxygens (including phenoxy) is 2. The van der Waals surface area contributed by atoms with Crippen molar-refractivity contribution in [3.63, 3.8) is 0 Å². The second kappa shape index (κ2) is 10.1. The lowest BCUT2D eigenvalue weighted by atomic mass is 10.2. The summed E-state index contributed by atoms with van der Waals surface area (Å²) >= 11 is 1.29. The van der Waals surface area contributed by atoms with Crippen LogP contribution >= 0.6 is 11.8 Å². The molecule has 0 saturated carbocycles. The number of hydrogen-bond acceptors (Lipinski definition) is 6. The number of halogens is 2. The number of benzene rings is 2. The minimum Gasteiger partial charge on any atom is -0.493 e. The minimum atomic E-state index is -2.96. The molecule has 29 heavy (non-hydrogen) atoms. The predicted molar refractivity (Wildman–Crippen MR) is 105 cm³/mol. The molecule has 156 valence electrons. The summed E-state index contributed by atoms with van der Waals surface area (Å²) in [5.74, 6) is -0.0838. The van der Waals surface area contributed by atoms with Crippen molar-refractivity contribution in [1.82, 2.24) is 4.90 Å². The van der Waals surface area contributed by atoms with E-state index in [1.54, 1.807) is 32.2 Å². The van der Waals surface area contributed by atoms with E-state index in [-0.39, 0.29) is 29.6 Å². The van der Waals surface area contributed by atoms with Crippen LogP contribution in [0.1, 0.15) is 12.5 Å². The van der Waals surface area contributed by atoms with Crippen molar-refractivity contribution < 1.29 is 28.0 Å². The summed E-state index contributed by atoms with van der Waals surface area (Å²) in [6, 6.07) is 10.5. The number of non-ortho nitro benzene ring substituents is 1. The van der Waals surface area contributed by atoms with Crippen LogP contribution in [0.4, 0.5) is 14.5 Å². The van der Waals surface area contributed by atoms with Gasteiger partial charge in [0.1, 0.15) is 0 Å². The number of thioether (sulfide) groups is 1. The predicted octanol–water partition coefficient (Wildman–Crippen LogP) is 4.34. The third-order valence-electron chi connectivity index (χ3n) is 3.95. The molecule has 0 aliphatic carbocycles. The summed E-state index contributed by atoms with van der Waals surface area (Å²) in [6.45, 7) is -0.975. The second-order valence-electron chi connectivity index (χ2n) is 6.07. The van der Waals surface area contributed by atoms with Gasteiger partial charge in [-0.3, -0.25) is 14.9 Å². The van der Waals surface area contributed by atoms with Crippen molar-refractivity contribution in [2.24, 2.45) is 0 Å². The van der Waals surface area contributed by atoms with Gasteiger partial charge in [-0.05, 0) is 36.8 Å². The van der Waals surface area contributed by atoms with Gasteiger partial charge in [0.05, 0.1) is 17.3 Å². The lowest BCUT2D eigenvalue weighted by Crippen LogP contribution is -2.32. The molecule has 0 aromatic heterocycles. The molecule has 0 bridgehead atoms. The smallest absolute Gasteiger partial charge is 0.387 e. The minimum absolute atomic E-state index is 0.0151. The van der Waals surface area contributed by atoms with Crippen LogP contribution < -0.4 is 9.47 Å². The largest absolute Gasteiger partial charge is 0.493 e. The number of nitro groups is 1. The number of amides is 1. The van der Waals surface area contributed by atoms with Gasteiger partial charge in [0.15, 0.2) is 11.5 Å². The van der Waals surface area contributed by atoms with E-state index in [4.69, 9.17) is 4.74 Å². The standard InChI is InChI=1S/C19H20F2N2O5S/c1-12(29-15-7-5-14(6-8-15)23(25)26)18(24)22(2)11-13-4-9-16(28-19(20)21)17(10-13)27-3/h4-10,12,19H,11H2,1-3H3. The van der Waals surface area contributed by atoms with Crippen LogP contribution in [-0.2, 0) is 11.3 Å². The van der Waals surface area contributed by atoms with Crippen LogP contribution in [-0.4, -0.2) is 41.7 Å². The molecule has 2 rings (SSSR count). The molecule has 7 nitrogen and oxygen atoms in total. The Balaban J connectivity index is 2.01. The Morgan fingerprint density at radius 2 is 1.86 bits per heavy atom. The Kier molecular flexibility index (Phi) is 7.77. The average molecular weight is 426 g/mol. The van der Waals surface area contributed by atoms with Crippen LogP contribution in [0.25, 0.3) is 0 Å². The van der Waals surface area contributed by atoms with Gasteiger partial charge >= 0.3 is 6.61 Å². The molecular weight excluding hydrogens is 406 g/mol. The maximum Gasteiger partial charge on any atom is 0.387 e. The molecular formula is C19H20F2N2O5S. The van der Waals surface area contributed by atoms with E-state index in [1.807, 2.05) is 0 Å². The highest BCUT2D eigenvalue weighted by atomic mass is 32.2. The highest BCUT2D eigenvalue weighted by molar-refractivity contribution is 8.00. The van der Waals surface area contributed by atoms with E-state index < -0.39 is 16.8 Å². The van der Waals surface area contributed by atoms with Gasteiger partial charge in [-0.2, -0.15) is 8.78 Å². The molecule has 0 N–H and O–H groups in total. The third kappa shape index (κ3) is 6.31. The van der Waals surface area contributed by atoms with Gasteiger partial charge in [0.2, 0.25) is 5.91 Å². The number of methoxy groups -OCH3 is 1. The first-order valence-corrected chi connectivity index (χ1v) is 9.37. The van der Waals surface area contributed by atoms with E-state index in [1.165, 1.54) is 48.0 Å². The summed E-state index contributed by atoms with van der Waals surface area (Å²) < 4.78 is 34.3. The molecule has 0 saturated heterocycles. The third-order valence-corrected chi connectivity index (χ3v) is 5.05. The lowest BCUT2D eigenvalue weighted by molar-refractivity contribution is -0.384. The summed E-state index contributed by atoms with van der Waals surface area (Å²) in [5.41, 5.74) is 0.672. The Morgan fingerprint density at radius 3 is 2.41 bits per heavy atom. The molecule has 0 fully saturated rings. The summed E-state index contributed by atoms with van der Waals surface area (Å²) in [7, 11) is 2.97. The van der Waals surface area contributed by atoms with Crippen LogP contribution in [0.3, 0.4) is 0 Å². The first-order valence-electron chi connectivity index (χ1n) is 8.49. The molecule has 0 heterocycles. The molecule has 2 aromatic carbocycles. The number of carbonyl (C=O) groups is 1. The topological polar surface area (TPSA) is 81.9 Å². The van der Waals surface area contributed by atoms with Crippen LogP contribution in [0.2, 0.25) is 0 Å². The second-order valence-corrected chi connectivity index (χ2v) is 7.48. The Bertz CT molecular complexity index is 864. The molecule has 0 radical (unpaired) electrons. The fraction of sp³-hybridized carbons (Fsp3) is 0.316. The van der Waals surface area contributed by atoms with Gasteiger partial charge in [0.25, 0.3) is 5.69 Å². The number of carbonyl (C=O) groups excluding carboxylic acids is 1. The molecule has 1 unspecified atom stereocenters. The highest BCUT2D eigenvalue weighted by Gasteiger charge is 2.20. The molecule has 0 spiro atoms. The lowest BCUT2D eigenvalue weighted by Gasteiger charge is -2.22. The summed E-state index contributed by atoms with van der Waals surface area (Å²) in [5, 5.41) is 10.3. The maximum absolute atomic E-state index is 12.6. The zero-order valence-electron chi connectivity index (χ0n) is 16.0. The number of rotatable bonds is 9. The van der Waals surface area contributed by atoms with E-state index in [0.29, 0.717) is 5.56 Å². The van der Waals surface area contributed by atoms with Crippen molar-refractivity contribution in [2.75, 3.05) is 14.2 Å².